The molecular formula is C22H30N3OS+. The van der Waals surface area contributed by atoms with Gasteiger partial charge in [-0.15, -0.1) is 0 Å². The quantitative estimate of drug-likeness (QED) is 0.693. The second-order valence-electron chi connectivity index (χ2n) is 7.29. The third-order valence-electron chi connectivity index (χ3n) is 5.45. The fourth-order valence-electron chi connectivity index (χ4n) is 3.82. The van der Waals surface area contributed by atoms with Crippen LogP contribution in [0.3, 0.4) is 0 Å². The second kappa shape index (κ2) is 9.31. The molecule has 1 fully saturated rings. The number of ether oxygens (including phenoxy) is 1. The van der Waals surface area contributed by atoms with Crippen molar-refractivity contribution in [1.82, 2.24) is 5.32 Å². The zero-order valence-electron chi connectivity index (χ0n) is 16.4. The van der Waals surface area contributed by atoms with Crippen molar-refractivity contribution in [2.45, 2.75) is 32.9 Å². The maximum Gasteiger partial charge on any atom is 0.171 e. The van der Waals surface area contributed by atoms with Crippen molar-refractivity contribution >= 4 is 23.0 Å². The van der Waals surface area contributed by atoms with Gasteiger partial charge < -0.3 is 20.3 Å². The van der Waals surface area contributed by atoms with Crippen molar-refractivity contribution in [1.29, 1.82) is 0 Å². The molecule has 0 radical (unpaired) electrons. The van der Waals surface area contributed by atoms with Crippen LogP contribution in [0.15, 0.2) is 48.5 Å². The van der Waals surface area contributed by atoms with E-state index < -0.39 is 0 Å². The van der Waals surface area contributed by atoms with E-state index in [0.29, 0.717) is 11.2 Å². The molecule has 4 nitrogen and oxygen atoms in total. The van der Waals surface area contributed by atoms with Crippen LogP contribution >= 0.6 is 12.2 Å². The minimum absolute atomic E-state index is 0.200. The predicted octanol–water partition coefficient (Wildman–Crippen LogP) is 2.63. The normalized spacial score (nSPS) is 17.1. The first kappa shape index (κ1) is 19.8. The highest BCUT2D eigenvalue weighted by molar-refractivity contribution is 7.80. The summed E-state index contributed by atoms with van der Waals surface area (Å²) < 4.78 is 5.57. The van der Waals surface area contributed by atoms with E-state index in [0.717, 1.165) is 32.0 Å². The van der Waals surface area contributed by atoms with E-state index in [1.54, 1.807) is 4.90 Å². The van der Waals surface area contributed by atoms with E-state index in [4.69, 9.17) is 17.0 Å². The van der Waals surface area contributed by atoms with Crippen molar-refractivity contribution in [3.05, 3.63) is 65.2 Å². The topological polar surface area (TPSA) is 37.7 Å². The summed E-state index contributed by atoms with van der Waals surface area (Å²) in [6.45, 7) is 10.1. The Morgan fingerprint density at radius 3 is 2.44 bits per heavy atom. The number of anilines is 1. The van der Waals surface area contributed by atoms with Gasteiger partial charge in [-0.1, -0.05) is 42.5 Å². The molecule has 0 bridgehead atoms. The van der Waals surface area contributed by atoms with Gasteiger partial charge in [0.15, 0.2) is 5.11 Å². The zero-order valence-corrected chi connectivity index (χ0v) is 17.2. The summed E-state index contributed by atoms with van der Waals surface area (Å²) in [5.41, 5.74) is 4.89. The molecule has 0 amide bonds. The van der Waals surface area contributed by atoms with Crippen LogP contribution in [0.5, 0.6) is 0 Å². The minimum atomic E-state index is 0.200. The van der Waals surface area contributed by atoms with Gasteiger partial charge in [0.2, 0.25) is 0 Å². The average molecular weight is 385 g/mol. The first-order chi connectivity index (χ1) is 13.1. The highest BCUT2D eigenvalue weighted by atomic mass is 32.1. The lowest BCUT2D eigenvalue weighted by Crippen LogP contribution is -3.15. The van der Waals surface area contributed by atoms with Gasteiger partial charge in [-0.25, -0.2) is 0 Å². The van der Waals surface area contributed by atoms with Gasteiger partial charge in [0.05, 0.1) is 19.3 Å². The Kier molecular flexibility index (Phi) is 6.83. The molecular weight excluding hydrogens is 354 g/mol. The molecule has 1 saturated heterocycles. The van der Waals surface area contributed by atoms with Crippen molar-refractivity contribution in [3.8, 4) is 0 Å². The molecule has 2 aromatic carbocycles. The number of nitrogens with one attached hydrogen (secondary N) is 3. The van der Waals surface area contributed by atoms with E-state index in [-0.39, 0.29) is 6.04 Å². The molecule has 1 aliphatic heterocycles. The van der Waals surface area contributed by atoms with Crippen LogP contribution in [-0.2, 0) is 4.74 Å². The molecule has 1 heterocycles. The molecule has 0 saturated carbocycles. The molecule has 144 valence electrons. The summed E-state index contributed by atoms with van der Waals surface area (Å²) in [6, 6.07) is 17.5. The molecule has 5 heteroatoms. The highest BCUT2D eigenvalue weighted by Crippen LogP contribution is 2.18. The Hall–Kier alpha value is -1.95. The minimum Gasteiger partial charge on any atom is -0.370 e. The predicted molar refractivity (Wildman–Crippen MR) is 115 cm³/mol. The first-order valence-corrected chi connectivity index (χ1v) is 10.1. The molecule has 27 heavy (non-hydrogen) atoms. The summed E-state index contributed by atoms with van der Waals surface area (Å²) in [5.74, 6) is 0. The first-order valence-electron chi connectivity index (χ1n) is 9.67. The van der Waals surface area contributed by atoms with E-state index in [1.165, 1.54) is 16.7 Å². The van der Waals surface area contributed by atoms with E-state index in [1.807, 2.05) is 0 Å². The fourth-order valence-corrected chi connectivity index (χ4v) is 4.11. The molecule has 2 aromatic rings. The van der Waals surface area contributed by atoms with Gasteiger partial charge in [0.1, 0.15) is 19.1 Å². The van der Waals surface area contributed by atoms with Crippen LogP contribution in [0.25, 0.3) is 0 Å². The number of thiocarbonyl (C=S) groups is 1. The number of aryl methyl sites for hydroxylation is 1. The number of rotatable bonds is 5. The second-order valence-corrected chi connectivity index (χ2v) is 7.70. The van der Waals surface area contributed by atoms with Gasteiger partial charge in [0, 0.05) is 11.3 Å². The van der Waals surface area contributed by atoms with Crippen molar-refractivity contribution in [3.63, 3.8) is 0 Å². The summed E-state index contributed by atoms with van der Waals surface area (Å²) in [7, 11) is 0. The van der Waals surface area contributed by atoms with Gasteiger partial charge >= 0.3 is 0 Å². The van der Waals surface area contributed by atoms with Crippen LogP contribution in [0.1, 0.15) is 29.7 Å². The van der Waals surface area contributed by atoms with Crippen molar-refractivity contribution < 1.29 is 9.64 Å². The summed E-state index contributed by atoms with van der Waals surface area (Å²) in [5, 5.41) is 7.58. The van der Waals surface area contributed by atoms with Crippen molar-refractivity contribution in [2.75, 3.05) is 31.6 Å². The van der Waals surface area contributed by atoms with Crippen molar-refractivity contribution in [2.24, 2.45) is 0 Å². The Labute approximate surface area is 167 Å². The third-order valence-corrected chi connectivity index (χ3v) is 5.67. The summed E-state index contributed by atoms with van der Waals surface area (Å²) in [6.07, 6.45) is 0. The van der Waals surface area contributed by atoms with Gasteiger partial charge in [-0.2, -0.15) is 0 Å². The largest absolute Gasteiger partial charge is 0.370 e. The van der Waals surface area contributed by atoms with Crippen LogP contribution in [-0.4, -0.2) is 37.5 Å². The lowest BCUT2D eigenvalue weighted by atomic mass is 9.98. The standard InChI is InChI=1S/C22H29N3OS/c1-16-8-7-11-20(17(16)2)24-22(27)23-18(3)21(19-9-5-4-6-10-19)25-12-14-26-15-13-25/h4-11,18,21H,12-15H2,1-3H3,(H2,23,24,27)/p+1/t18-,21+/m0/s1. The molecule has 0 aliphatic carbocycles. The fraction of sp³-hybridized carbons (Fsp3) is 0.409. The third kappa shape index (κ3) is 5.06. The zero-order chi connectivity index (χ0) is 19.2. The maximum atomic E-state index is 5.63. The number of quaternary nitrogens is 1. The van der Waals surface area contributed by atoms with Gasteiger partial charge in [-0.05, 0) is 50.2 Å². The molecule has 3 rings (SSSR count). The monoisotopic (exact) mass is 384 g/mol. The molecule has 2 atom stereocenters. The molecule has 0 spiro atoms. The van der Waals surface area contributed by atoms with Crippen LogP contribution in [0.4, 0.5) is 5.69 Å². The average Bonchev–Trinajstić information content (AvgIpc) is 2.67. The lowest BCUT2D eigenvalue weighted by molar-refractivity contribution is -0.940. The van der Waals surface area contributed by atoms with E-state index in [2.05, 4.69) is 79.9 Å². The molecule has 0 unspecified atom stereocenters. The Morgan fingerprint density at radius 1 is 1.04 bits per heavy atom. The Balaban J connectivity index is 1.72. The highest BCUT2D eigenvalue weighted by Gasteiger charge is 2.31. The van der Waals surface area contributed by atoms with Crippen LogP contribution < -0.4 is 15.5 Å². The lowest BCUT2D eigenvalue weighted by Gasteiger charge is -2.36. The maximum absolute atomic E-state index is 5.63. The number of morpholine rings is 1. The smallest absolute Gasteiger partial charge is 0.171 e. The SMILES string of the molecule is Cc1cccc(NC(=S)N[C@@H](C)[C@H](c2ccccc2)[NH+]2CCOCC2)c1C. The van der Waals surface area contributed by atoms with E-state index in [9.17, 15) is 0 Å². The number of hydrogen-bond acceptors (Lipinski definition) is 2. The Morgan fingerprint density at radius 2 is 1.74 bits per heavy atom. The van der Waals surface area contributed by atoms with Gasteiger partial charge in [0.25, 0.3) is 0 Å². The van der Waals surface area contributed by atoms with Crippen LogP contribution in [0.2, 0.25) is 0 Å². The van der Waals surface area contributed by atoms with Gasteiger partial charge in [-0.3, -0.25) is 0 Å². The summed E-state index contributed by atoms with van der Waals surface area (Å²) in [4.78, 5) is 1.54. The summed E-state index contributed by atoms with van der Waals surface area (Å²) >= 11 is 5.63. The Bertz CT molecular complexity index is 759. The van der Waals surface area contributed by atoms with E-state index >= 15 is 0 Å². The number of hydrogen-bond donors (Lipinski definition) is 3. The molecule has 3 N–H and O–H groups in total. The van der Waals surface area contributed by atoms with Crippen LogP contribution in [0, 0.1) is 13.8 Å². The molecule has 1 aliphatic rings. The number of benzene rings is 2. The molecule has 0 aromatic heterocycles.